The van der Waals surface area contributed by atoms with E-state index in [1.165, 1.54) is 38.5 Å². The first-order valence-electron chi connectivity index (χ1n) is 14.5. The molecule has 0 aromatic heterocycles. The topological polar surface area (TPSA) is 203 Å². The molecule has 3 unspecified atom stereocenters. The monoisotopic (exact) mass is 598 g/mol. The van der Waals surface area contributed by atoms with Crippen molar-refractivity contribution < 1.29 is 58.7 Å². The van der Waals surface area contributed by atoms with Crippen LogP contribution in [-0.2, 0) is 23.1 Å². The molecule has 1 saturated carbocycles. The lowest BCUT2D eigenvalue weighted by atomic mass is 9.85. The van der Waals surface area contributed by atoms with Gasteiger partial charge in [-0.3, -0.25) is 13.8 Å². The fourth-order valence-corrected chi connectivity index (χ4v) is 5.31. The molecule has 1 fully saturated rings. The number of carbonyl (C=O) groups excluding carboxylic acids is 1. The average molecular weight is 599 g/mol. The lowest BCUT2D eigenvalue weighted by Gasteiger charge is -2.41. The summed E-state index contributed by atoms with van der Waals surface area (Å²) in [6.45, 7) is 0.964. The molecule has 12 nitrogen and oxygen atoms in total. The minimum Gasteiger partial charge on any atom is -0.463 e. The molecule has 0 saturated heterocycles. The highest BCUT2D eigenvalue weighted by molar-refractivity contribution is 7.47. The molecular weight excluding hydrogens is 547 g/mol. The van der Waals surface area contributed by atoms with Gasteiger partial charge < -0.3 is 40.3 Å². The van der Waals surface area contributed by atoms with Gasteiger partial charge in [-0.25, -0.2) is 4.57 Å². The predicted octanol–water partition coefficient (Wildman–Crippen LogP) is 2.25. The van der Waals surface area contributed by atoms with Crippen LogP contribution in [-0.4, -0.2) is 97.4 Å². The Kier molecular flexibility index (Phi) is 19.4. The first-order valence-corrected chi connectivity index (χ1v) is 16.0. The maximum absolute atomic E-state index is 12.1. The average Bonchev–Trinajstić information content (AvgIpc) is 2.93. The Morgan fingerprint density at radius 3 is 1.77 bits per heavy atom. The molecule has 8 atom stereocenters. The minimum absolute atomic E-state index is 0.182. The quantitative estimate of drug-likeness (QED) is 0.0415. The highest BCUT2D eigenvalue weighted by atomic mass is 31.2. The SMILES string of the molecule is CCCCCCCCC=CCCCCCCCC(=O)OC[C@@H](O)COP(=O)(O)OC1[C@H](O)[C@H](O)C(O)[C@H](O)[C@H]1O. The summed E-state index contributed by atoms with van der Waals surface area (Å²) in [7, 11) is -4.98. The Balaban J connectivity index is 2.09. The molecule has 1 aliphatic rings. The molecule has 1 aliphatic carbocycles. The van der Waals surface area contributed by atoms with E-state index in [1.54, 1.807) is 0 Å². The molecule has 0 aromatic rings. The molecule has 0 radical (unpaired) electrons. The fourth-order valence-electron chi connectivity index (χ4n) is 4.34. The number of phosphoric ester groups is 1. The van der Waals surface area contributed by atoms with Gasteiger partial charge in [0.15, 0.2) is 0 Å². The van der Waals surface area contributed by atoms with Crippen molar-refractivity contribution in [1.82, 2.24) is 0 Å². The second-order valence-electron chi connectivity index (χ2n) is 10.5. The standard InChI is InChI=1S/C27H51O12P/c1-2-3-4-5-6-7-8-9-10-11-12-13-14-15-16-17-21(29)37-18-20(28)19-38-40(35,36)39-27-25(33)23(31)22(30)24(32)26(27)34/h9-10,20,22-28,30-34H,2-8,11-19H2,1H3,(H,35,36)/t20-,22?,23-,24+,25-,26-,27?/m1/s1. The molecule has 0 heterocycles. The van der Waals surface area contributed by atoms with Gasteiger partial charge in [0.1, 0.15) is 49.3 Å². The summed E-state index contributed by atoms with van der Waals surface area (Å²) in [5.74, 6) is -0.518. The van der Waals surface area contributed by atoms with Crippen molar-refractivity contribution in [2.24, 2.45) is 0 Å². The van der Waals surface area contributed by atoms with E-state index in [4.69, 9.17) is 4.74 Å². The number of unbranched alkanes of at least 4 members (excludes halogenated alkanes) is 11. The molecule has 236 valence electrons. The van der Waals surface area contributed by atoms with Crippen LogP contribution in [0.4, 0.5) is 0 Å². The predicted molar refractivity (Wildman–Crippen MR) is 147 cm³/mol. The van der Waals surface area contributed by atoms with Gasteiger partial charge in [0.2, 0.25) is 0 Å². The number of aliphatic hydroxyl groups is 6. The van der Waals surface area contributed by atoms with E-state index in [9.17, 15) is 44.9 Å². The second-order valence-corrected chi connectivity index (χ2v) is 11.9. The number of hydrogen-bond acceptors (Lipinski definition) is 11. The van der Waals surface area contributed by atoms with E-state index >= 15 is 0 Å². The molecule has 40 heavy (non-hydrogen) atoms. The number of phosphoric acid groups is 1. The summed E-state index contributed by atoms with van der Waals surface area (Å²) in [6, 6.07) is 0. The smallest absolute Gasteiger partial charge is 0.463 e. The zero-order valence-electron chi connectivity index (χ0n) is 23.6. The highest BCUT2D eigenvalue weighted by Gasteiger charge is 2.51. The third-order valence-corrected chi connectivity index (χ3v) is 7.82. The maximum Gasteiger partial charge on any atom is 0.472 e. The summed E-state index contributed by atoms with van der Waals surface area (Å²) < 4.78 is 26.3. The van der Waals surface area contributed by atoms with Crippen LogP contribution < -0.4 is 0 Å². The lowest BCUT2D eigenvalue weighted by molar-refractivity contribution is -0.220. The van der Waals surface area contributed by atoms with Gasteiger partial charge in [0.25, 0.3) is 0 Å². The van der Waals surface area contributed by atoms with Crippen molar-refractivity contribution in [3.8, 4) is 0 Å². The van der Waals surface area contributed by atoms with Crippen molar-refractivity contribution in [2.45, 2.75) is 140 Å². The molecule has 13 heteroatoms. The largest absolute Gasteiger partial charge is 0.472 e. The summed E-state index contributed by atoms with van der Waals surface area (Å²) >= 11 is 0. The number of hydrogen-bond donors (Lipinski definition) is 7. The Hall–Kier alpha value is -0.920. The molecule has 0 aliphatic heterocycles. The number of allylic oxidation sites excluding steroid dienone is 2. The minimum atomic E-state index is -4.98. The van der Waals surface area contributed by atoms with Crippen LogP contribution in [0.15, 0.2) is 12.2 Å². The van der Waals surface area contributed by atoms with Crippen LogP contribution >= 0.6 is 7.82 Å². The maximum atomic E-state index is 12.1. The summed E-state index contributed by atoms with van der Waals surface area (Å²) in [6.07, 6.45) is 6.32. The van der Waals surface area contributed by atoms with Gasteiger partial charge >= 0.3 is 13.8 Å². The third-order valence-electron chi connectivity index (χ3n) is 6.84. The first-order chi connectivity index (χ1) is 19.0. The van der Waals surface area contributed by atoms with E-state index in [2.05, 4.69) is 28.1 Å². The van der Waals surface area contributed by atoms with Crippen LogP contribution in [0.3, 0.4) is 0 Å². The third kappa shape index (κ3) is 15.3. The van der Waals surface area contributed by atoms with E-state index in [-0.39, 0.29) is 6.42 Å². The van der Waals surface area contributed by atoms with Crippen LogP contribution in [0.25, 0.3) is 0 Å². The van der Waals surface area contributed by atoms with Gasteiger partial charge in [0.05, 0.1) is 6.61 Å². The summed E-state index contributed by atoms with van der Waals surface area (Å²) in [5, 5.41) is 58.5. The Morgan fingerprint density at radius 1 is 0.750 bits per heavy atom. The van der Waals surface area contributed by atoms with Gasteiger partial charge in [-0.05, 0) is 32.1 Å². The van der Waals surface area contributed by atoms with Crippen LogP contribution in [0.1, 0.15) is 96.8 Å². The van der Waals surface area contributed by atoms with Crippen molar-refractivity contribution in [1.29, 1.82) is 0 Å². The zero-order valence-corrected chi connectivity index (χ0v) is 24.5. The van der Waals surface area contributed by atoms with Gasteiger partial charge in [-0.2, -0.15) is 0 Å². The summed E-state index contributed by atoms with van der Waals surface area (Å²) in [4.78, 5) is 21.7. The molecular formula is C27H51O12P. The van der Waals surface area contributed by atoms with Gasteiger partial charge in [-0.15, -0.1) is 0 Å². The fraction of sp³-hybridized carbons (Fsp3) is 0.889. The molecule has 0 amide bonds. The number of esters is 1. The lowest BCUT2D eigenvalue weighted by Crippen LogP contribution is -2.64. The number of aliphatic hydroxyl groups excluding tert-OH is 6. The Bertz CT molecular complexity index is 735. The first kappa shape index (κ1) is 37.1. The van der Waals surface area contributed by atoms with E-state index in [0.717, 1.165) is 38.5 Å². The summed E-state index contributed by atoms with van der Waals surface area (Å²) in [5.41, 5.74) is 0. The molecule has 0 aromatic carbocycles. The normalized spacial score (nSPS) is 27.5. The van der Waals surface area contributed by atoms with Gasteiger partial charge in [0, 0.05) is 6.42 Å². The zero-order chi connectivity index (χ0) is 30.0. The second kappa shape index (κ2) is 20.9. The molecule has 0 bridgehead atoms. The Morgan fingerprint density at radius 2 is 1.23 bits per heavy atom. The molecule has 1 rings (SSSR count). The van der Waals surface area contributed by atoms with Crippen LogP contribution in [0, 0.1) is 0 Å². The number of ether oxygens (including phenoxy) is 1. The van der Waals surface area contributed by atoms with Crippen molar-refractivity contribution in [3.63, 3.8) is 0 Å². The van der Waals surface area contributed by atoms with Crippen molar-refractivity contribution in [2.75, 3.05) is 13.2 Å². The van der Waals surface area contributed by atoms with E-state index in [1.807, 2.05) is 0 Å². The highest BCUT2D eigenvalue weighted by Crippen LogP contribution is 2.47. The van der Waals surface area contributed by atoms with Crippen LogP contribution in [0.2, 0.25) is 0 Å². The van der Waals surface area contributed by atoms with Gasteiger partial charge in [-0.1, -0.05) is 70.4 Å². The van der Waals surface area contributed by atoms with Crippen molar-refractivity contribution in [3.05, 3.63) is 12.2 Å². The van der Waals surface area contributed by atoms with E-state index in [0.29, 0.717) is 6.42 Å². The number of rotatable bonds is 22. The Labute approximate surface area is 237 Å². The number of carbonyl (C=O) groups is 1. The van der Waals surface area contributed by atoms with Crippen LogP contribution in [0.5, 0.6) is 0 Å². The van der Waals surface area contributed by atoms with Crippen molar-refractivity contribution >= 4 is 13.8 Å². The van der Waals surface area contributed by atoms with E-state index < -0.39 is 69.7 Å². The molecule has 0 spiro atoms. The molecule has 7 N–H and O–H groups in total.